The van der Waals surface area contributed by atoms with Gasteiger partial charge in [0.25, 0.3) is 0 Å². The fraction of sp³-hybridized carbons (Fsp3) is 0.500. The number of amides is 1. The van der Waals surface area contributed by atoms with Gasteiger partial charge in [-0.25, -0.2) is 8.42 Å². The van der Waals surface area contributed by atoms with E-state index in [0.29, 0.717) is 36.9 Å². The van der Waals surface area contributed by atoms with Gasteiger partial charge < -0.3 is 4.74 Å². The lowest BCUT2D eigenvalue weighted by atomic mass is 10.2. The molecule has 2 aromatic rings. The first kappa shape index (κ1) is 20.7. The van der Waals surface area contributed by atoms with Crippen molar-refractivity contribution in [1.82, 2.24) is 14.5 Å². The first-order chi connectivity index (χ1) is 13.5. The highest BCUT2D eigenvalue weighted by Gasteiger charge is 2.39. The molecule has 152 valence electrons. The number of carbonyl (C=O) groups excluding carboxylic acids is 1. The first-order valence-electron chi connectivity index (χ1n) is 9.33. The molecule has 1 atom stereocenters. The normalized spacial score (nSPS) is 17.6. The highest BCUT2D eigenvalue weighted by Crippen LogP contribution is 2.28. The van der Waals surface area contributed by atoms with E-state index in [9.17, 15) is 13.2 Å². The van der Waals surface area contributed by atoms with Crippen molar-refractivity contribution in [3.8, 4) is 5.75 Å². The van der Waals surface area contributed by atoms with Gasteiger partial charge in [0, 0.05) is 13.0 Å². The van der Waals surface area contributed by atoms with Crippen LogP contribution in [0.25, 0.3) is 0 Å². The van der Waals surface area contributed by atoms with E-state index in [1.165, 1.54) is 27.8 Å². The Morgan fingerprint density at radius 3 is 2.71 bits per heavy atom. The third kappa shape index (κ3) is 4.50. The molecule has 1 aliphatic heterocycles. The number of aryl methyl sites for hydroxylation is 1. The number of carbonyl (C=O) groups is 1. The van der Waals surface area contributed by atoms with Gasteiger partial charge in [0.15, 0.2) is 0 Å². The zero-order valence-corrected chi connectivity index (χ0v) is 17.6. The van der Waals surface area contributed by atoms with Crippen LogP contribution in [0.5, 0.6) is 5.75 Å². The Balaban J connectivity index is 1.74. The summed E-state index contributed by atoms with van der Waals surface area (Å²) in [6.45, 7) is 4.72. The third-order valence-corrected chi connectivity index (χ3v) is 7.23. The summed E-state index contributed by atoms with van der Waals surface area (Å²) >= 11 is 1.32. The van der Waals surface area contributed by atoms with E-state index in [0.717, 1.165) is 17.8 Å². The van der Waals surface area contributed by atoms with Gasteiger partial charge in [-0.3, -0.25) is 10.1 Å². The molecule has 0 saturated carbocycles. The summed E-state index contributed by atoms with van der Waals surface area (Å²) in [5.41, 5.74) is 0. The molecule has 1 amide bonds. The molecule has 1 saturated heterocycles. The molecule has 0 aliphatic carbocycles. The van der Waals surface area contributed by atoms with Gasteiger partial charge >= 0.3 is 0 Å². The predicted octanol–water partition coefficient (Wildman–Crippen LogP) is 2.68. The average molecular weight is 425 g/mol. The minimum Gasteiger partial charge on any atom is -0.494 e. The Morgan fingerprint density at radius 2 is 2.04 bits per heavy atom. The summed E-state index contributed by atoms with van der Waals surface area (Å²) in [5.74, 6) is 0.238. The summed E-state index contributed by atoms with van der Waals surface area (Å²) in [6.07, 6.45) is 2.85. The highest BCUT2D eigenvalue weighted by molar-refractivity contribution is 7.89. The maximum atomic E-state index is 13.0. The number of hydrogen-bond donors (Lipinski definition) is 1. The molecule has 28 heavy (non-hydrogen) atoms. The lowest BCUT2D eigenvalue weighted by Gasteiger charge is -2.23. The minimum atomic E-state index is -3.78. The summed E-state index contributed by atoms with van der Waals surface area (Å²) in [6, 6.07) is 5.51. The highest BCUT2D eigenvalue weighted by atomic mass is 32.2. The first-order valence-corrected chi connectivity index (χ1v) is 11.6. The van der Waals surface area contributed by atoms with E-state index in [1.54, 1.807) is 12.1 Å². The van der Waals surface area contributed by atoms with Crippen LogP contribution in [0, 0.1) is 0 Å². The largest absolute Gasteiger partial charge is 0.494 e. The van der Waals surface area contributed by atoms with Gasteiger partial charge in [-0.1, -0.05) is 18.3 Å². The van der Waals surface area contributed by atoms with Gasteiger partial charge in [-0.05, 0) is 50.5 Å². The van der Waals surface area contributed by atoms with Crippen molar-refractivity contribution in [3.05, 3.63) is 29.3 Å². The lowest BCUT2D eigenvalue weighted by molar-refractivity contribution is -0.119. The molecule has 0 radical (unpaired) electrons. The second kappa shape index (κ2) is 8.97. The van der Waals surface area contributed by atoms with Crippen LogP contribution >= 0.6 is 11.3 Å². The maximum absolute atomic E-state index is 13.0. The van der Waals surface area contributed by atoms with Gasteiger partial charge in [0.2, 0.25) is 21.1 Å². The molecule has 1 aliphatic rings. The van der Waals surface area contributed by atoms with Crippen molar-refractivity contribution in [2.75, 3.05) is 18.5 Å². The fourth-order valence-corrected chi connectivity index (χ4v) is 5.61. The van der Waals surface area contributed by atoms with E-state index in [-0.39, 0.29) is 10.8 Å². The molecule has 0 bridgehead atoms. The molecule has 0 spiro atoms. The van der Waals surface area contributed by atoms with E-state index in [2.05, 4.69) is 15.5 Å². The maximum Gasteiger partial charge on any atom is 0.244 e. The summed E-state index contributed by atoms with van der Waals surface area (Å²) in [4.78, 5) is 12.9. The van der Waals surface area contributed by atoms with Crippen molar-refractivity contribution in [1.29, 1.82) is 0 Å². The number of nitrogens with one attached hydrogen (secondary N) is 1. The Morgan fingerprint density at radius 1 is 1.29 bits per heavy atom. The molecule has 1 aromatic carbocycles. The number of nitrogens with zero attached hydrogens (tertiary/aromatic N) is 3. The van der Waals surface area contributed by atoms with Crippen molar-refractivity contribution >= 4 is 32.4 Å². The van der Waals surface area contributed by atoms with Crippen LogP contribution < -0.4 is 10.1 Å². The van der Waals surface area contributed by atoms with Gasteiger partial charge in [0.05, 0.1) is 11.5 Å². The molecule has 3 rings (SSSR count). The number of rotatable bonds is 8. The Kier molecular flexibility index (Phi) is 6.63. The summed E-state index contributed by atoms with van der Waals surface area (Å²) < 4.78 is 32.7. The number of ether oxygens (including phenoxy) is 1. The van der Waals surface area contributed by atoms with Crippen molar-refractivity contribution < 1.29 is 17.9 Å². The second-order valence-corrected chi connectivity index (χ2v) is 9.37. The molecule has 2 heterocycles. The van der Waals surface area contributed by atoms with Gasteiger partial charge in [0.1, 0.15) is 16.8 Å². The summed E-state index contributed by atoms with van der Waals surface area (Å²) in [7, 11) is -3.78. The molecular weight excluding hydrogens is 400 g/mol. The Hall–Kier alpha value is -2.04. The standard InChI is InChI=1S/C18H24N4O4S2/c1-3-6-16-20-21-18(27-16)19-17(23)15-7-5-12-22(15)28(24,25)14-10-8-13(9-11-14)26-4-2/h8-11,15H,3-7,12H2,1-2H3,(H,19,21,23). The third-order valence-electron chi connectivity index (χ3n) is 4.41. The second-order valence-electron chi connectivity index (χ2n) is 6.42. The van der Waals surface area contributed by atoms with E-state index >= 15 is 0 Å². The van der Waals surface area contributed by atoms with E-state index in [1.807, 2.05) is 13.8 Å². The number of hydrogen-bond acceptors (Lipinski definition) is 7. The molecule has 8 nitrogen and oxygen atoms in total. The van der Waals surface area contributed by atoms with Crippen LogP contribution in [-0.4, -0.2) is 48.0 Å². The molecule has 10 heteroatoms. The van der Waals surface area contributed by atoms with Gasteiger partial charge in [-0.15, -0.1) is 10.2 Å². The average Bonchev–Trinajstić information content (AvgIpc) is 3.33. The molecule has 1 unspecified atom stereocenters. The molecular formula is C18H24N4O4S2. The van der Waals surface area contributed by atoms with Crippen LogP contribution in [0.3, 0.4) is 0 Å². The molecule has 1 fully saturated rings. The van der Waals surface area contributed by atoms with E-state index < -0.39 is 16.1 Å². The number of anilines is 1. The predicted molar refractivity (Wildman–Crippen MR) is 107 cm³/mol. The number of aromatic nitrogens is 2. The Bertz CT molecular complexity index is 912. The van der Waals surface area contributed by atoms with Crippen LogP contribution in [0.15, 0.2) is 29.2 Å². The minimum absolute atomic E-state index is 0.150. The monoisotopic (exact) mass is 424 g/mol. The van der Waals surface area contributed by atoms with E-state index in [4.69, 9.17) is 4.74 Å². The van der Waals surface area contributed by atoms with Crippen molar-refractivity contribution in [2.24, 2.45) is 0 Å². The number of sulfonamides is 1. The Labute approximate surface area is 169 Å². The quantitative estimate of drug-likeness (QED) is 0.699. The van der Waals surface area contributed by atoms with Crippen molar-refractivity contribution in [2.45, 2.75) is 50.5 Å². The lowest BCUT2D eigenvalue weighted by Crippen LogP contribution is -2.43. The smallest absolute Gasteiger partial charge is 0.244 e. The molecule has 1 aromatic heterocycles. The SMILES string of the molecule is CCCc1nnc(NC(=O)C2CCCN2S(=O)(=O)c2ccc(OCC)cc2)s1. The molecule has 1 N–H and O–H groups in total. The van der Waals surface area contributed by atoms with Crippen LogP contribution in [0.1, 0.15) is 38.1 Å². The summed E-state index contributed by atoms with van der Waals surface area (Å²) in [5, 5.41) is 12.0. The zero-order chi connectivity index (χ0) is 20.1. The van der Waals surface area contributed by atoms with Crippen LogP contribution in [0.2, 0.25) is 0 Å². The van der Waals surface area contributed by atoms with Crippen LogP contribution in [-0.2, 0) is 21.2 Å². The van der Waals surface area contributed by atoms with Crippen LogP contribution in [0.4, 0.5) is 5.13 Å². The fourth-order valence-electron chi connectivity index (χ4n) is 3.11. The topological polar surface area (TPSA) is 101 Å². The van der Waals surface area contributed by atoms with Gasteiger partial charge in [-0.2, -0.15) is 4.31 Å². The zero-order valence-electron chi connectivity index (χ0n) is 15.9. The van der Waals surface area contributed by atoms with Crippen molar-refractivity contribution in [3.63, 3.8) is 0 Å². The number of benzene rings is 1.